The zero-order chi connectivity index (χ0) is 11.1. The first-order valence-electron chi connectivity index (χ1n) is 5.35. The van der Waals surface area contributed by atoms with Crippen molar-refractivity contribution in [2.75, 3.05) is 23.4 Å². The summed E-state index contributed by atoms with van der Waals surface area (Å²) in [4.78, 5) is 10.4. The highest BCUT2D eigenvalue weighted by Crippen LogP contribution is 2.13. The zero-order valence-corrected chi connectivity index (χ0v) is 9.40. The van der Waals surface area contributed by atoms with Gasteiger partial charge in [0, 0.05) is 19.2 Å². The predicted molar refractivity (Wildman–Crippen MR) is 62.6 cm³/mol. The second-order valence-electron chi connectivity index (χ2n) is 3.34. The van der Waals surface area contributed by atoms with Crippen molar-refractivity contribution in [3.63, 3.8) is 0 Å². The third-order valence-electron chi connectivity index (χ3n) is 2.29. The molecule has 1 aromatic heterocycles. The molecule has 1 heterocycles. The summed E-state index contributed by atoms with van der Waals surface area (Å²) in [6, 6.07) is 1.86. The Hall–Kier alpha value is -1.36. The Balaban J connectivity index is 2.72. The molecule has 1 rings (SSSR count). The first-order valence-corrected chi connectivity index (χ1v) is 5.35. The summed E-state index contributed by atoms with van der Waals surface area (Å²) in [7, 11) is 0. The summed E-state index contributed by atoms with van der Waals surface area (Å²) in [5.41, 5.74) is 2.52. The first kappa shape index (κ1) is 11.7. The highest BCUT2D eigenvalue weighted by molar-refractivity contribution is 5.47. The fourth-order valence-electron chi connectivity index (χ4n) is 1.38. The molecule has 0 spiro atoms. The molecule has 5 heteroatoms. The molecule has 1 aromatic rings. The Kier molecular flexibility index (Phi) is 4.83. The molecule has 0 aliphatic heterocycles. The Bertz CT molecular complexity index is 289. The lowest BCUT2D eigenvalue weighted by atomic mass is 10.3. The topological polar surface area (TPSA) is 67.1 Å². The standard InChI is InChI=1S/C10H19N5/c1-3-5-6-15(4-2)10-7-9(14-11)12-8-13-10/h7-8H,3-6,11H2,1-2H3,(H,12,13,14). The van der Waals surface area contributed by atoms with Gasteiger partial charge < -0.3 is 10.3 Å². The van der Waals surface area contributed by atoms with Gasteiger partial charge in [0.1, 0.15) is 18.0 Å². The molecular formula is C10H19N5. The van der Waals surface area contributed by atoms with Gasteiger partial charge >= 0.3 is 0 Å². The fraction of sp³-hybridized carbons (Fsp3) is 0.600. The number of hydrogen-bond acceptors (Lipinski definition) is 5. The van der Waals surface area contributed by atoms with Crippen LogP contribution < -0.4 is 16.2 Å². The SMILES string of the molecule is CCCCN(CC)c1cc(NN)ncn1. The molecule has 0 fully saturated rings. The molecule has 0 aliphatic carbocycles. The van der Waals surface area contributed by atoms with E-state index in [1.54, 1.807) is 0 Å². The lowest BCUT2D eigenvalue weighted by molar-refractivity contribution is 0.723. The van der Waals surface area contributed by atoms with E-state index < -0.39 is 0 Å². The van der Waals surface area contributed by atoms with Crippen LogP contribution in [0.2, 0.25) is 0 Å². The van der Waals surface area contributed by atoms with E-state index in [-0.39, 0.29) is 0 Å². The van der Waals surface area contributed by atoms with E-state index in [4.69, 9.17) is 5.84 Å². The number of rotatable bonds is 6. The van der Waals surface area contributed by atoms with E-state index in [9.17, 15) is 0 Å². The van der Waals surface area contributed by atoms with Crippen LogP contribution in [0.4, 0.5) is 11.6 Å². The normalized spacial score (nSPS) is 10.1. The molecule has 0 saturated carbocycles. The average molecular weight is 209 g/mol. The van der Waals surface area contributed by atoms with Crippen molar-refractivity contribution in [2.24, 2.45) is 5.84 Å². The number of nitrogen functional groups attached to an aromatic ring is 1. The molecule has 0 bridgehead atoms. The van der Waals surface area contributed by atoms with Crippen LogP contribution in [0, 0.1) is 0 Å². The van der Waals surface area contributed by atoms with Crippen molar-refractivity contribution in [1.82, 2.24) is 9.97 Å². The van der Waals surface area contributed by atoms with Gasteiger partial charge in [-0.25, -0.2) is 15.8 Å². The van der Waals surface area contributed by atoms with Gasteiger partial charge in [-0.1, -0.05) is 13.3 Å². The van der Waals surface area contributed by atoms with Crippen LogP contribution in [0.1, 0.15) is 26.7 Å². The van der Waals surface area contributed by atoms with E-state index >= 15 is 0 Å². The monoisotopic (exact) mass is 209 g/mol. The molecule has 0 amide bonds. The highest BCUT2D eigenvalue weighted by Gasteiger charge is 2.05. The molecule has 15 heavy (non-hydrogen) atoms. The van der Waals surface area contributed by atoms with E-state index in [1.807, 2.05) is 6.07 Å². The second-order valence-corrected chi connectivity index (χ2v) is 3.34. The maximum absolute atomic E-state index is 5.30. The van der Waals surface area contributed by atoms with Gasteiger partial charge in [-0.3, -0.25) is 0 Å². The maximum Gasteiger partial charge on any atom is 0.145 e. The van der Waals surface area contributed by atoms with Gasteiger partial charge in [0.05, 0.1) is 0 Å². The minimum Gasteiger partial charge on any atom is -0.357 e. The third kappa shape index (κ3) is 3.36. The van der Waals surface area contributed by atoms with Gasteiger partial charge in [-0.05, 0) is 13.3 Å². The lowest BCUT2D eigenvalue weighted by Crippen LogP contribution is -2.25. The van der Waals surface area contributed by atoms with E-state index in [2.05, 4.69) is 34.1 Å². The lowest BCUT2D eigenvalue weighted by Gasteiger charge is -2.21. The van der Waals surface area contributed by atoms with Gasteiger partial charge in [0.25, 0.3) is 0 Å². The van der Waals surface area contributed by atoms with Crippen LogP contribution in [0.3, 0.4) is 0 Å². The van der Waals surface area contributed by atoms with Crippen LogP contribution in [0.25, 0.3) is 0 Å². The number of hydrogen-bond donors (Lipinski definition) is 2. The smallest absolute Gasteiger partial charge is 0.145 e. The number of unbranched alkanes of at least 4 members (excludes halogenated alkanes) is 1. The van der Waals surface area contributed by atoms with Crippen LogP contribution in [-0.2, 0) is 0 Å². The van der Waals surface area contributed by atoms with Gasteiger partial charge in [-0.15, -0.1) is 0 Å². The predicted octanol–water partition coefficient (Wildman–Crippen LogP) is 1.39. The van der Waals surface area contributed by atoms with Crippen molar-refractivity contribution in [3.8, 4) is 0 Å². The fourth-order valence-corrected chi connectivity index (χ4v) is 1.38. The summed E-state index contributed by atoms with van der Waals surface area (Å²) in [5.74, 6) is 6.87. The Morgan fingerprint density at radius 1 is 1.40 bits per heavy atom. The highest BCUT2D eigenvalue weighted by atomic mass is 15.3. The van der Waals surface area contributed by atoms with Crippen molar-refractivity contribution < 1.29 is 0 Å². The summed E-state index contributed by atoms with van der Waals surface area (Å²) in [6.45, 7) is 6.27. The molecule has 0 unspecified atom stereocenters. The van der Waals surface area contributed by atoms with Gasteiger partial charge in [0.2, 0.25) is 0 Å². The van der Waals surface area contributed by atoms with Gasteiger partial charge in [0.15, 0.2) is 0 Å². The molecule has 3 N–H and O–H groups in total. The Labute approximate surface area is 90.7 Å². The molecule has 0 radical (unpaired) electrons. The number of nitrogens with one attached hydrogen (secondary N) is 1. The van der Waals surface area contributed by atoms with E-state index in [0.29, 0.717) is 5.82 Å². The minimum absolute atomic E-state index is 0.648. The van der Waals surface area contributed by atoms with Crippen molar-refractivity contribution in [2.45, 2.75) is 26.7 Å². The largest absolute Gasteiger partial charge is 0.357 e. The minimum atomic E-state index is 0.648. The first-order chi connectivity index (χ1) is 7.31. The quantitative estimate of drug-likeness (QED) is 0.547. The van der Waals surface area contributed by atoms with Crippen LogP contribution in [0.5, 0.6) is 0 Å². The Morgan fingerprint density at radius 2 is 2.20 bits per heavy atom. The molecular weight excluding hydrogens is 190 g/mol. The number of aromatic nitrogens is 2. The molecule has 0 aromatic carbocycles. The van der Waals surface area contributed by atoms with Crippen LogP contribution >= 0.6 is 0 Å². The number of nitrogens with zero attached hydrogens (tertiary/aromatic N) is 3. The zero-order valence-electron chi connectivity index (χ0n) is 9.40. The number of hydrazine groups is 1. The average Bonchev–Trinajstić information content (AvgIpc) is 2.30. The molecule has 5 nitrogen and oxygen atoms in total. The molecule has 0 aliphatic rings. The van der Waals surface area contributed by atoms with Crippen LogP contribution in [-0.4, -0.2) is 23.1 Å². The van der Waals surface area contributed by atoms with E-state index in [1.165, 1.54) is 19.2 Å². The summed E-state index contributed by atoms with van der Waals surface area (Å²) >= 11 is 0. The number of nitrogens with two attached hydrogens (primary N) is 1. The second kappa shape index (κ2) is 6.19. The van der Waals surface area contributed by atoms with Crippen molar-refractivity contribution in [1.29, 1.82) is 0 Å². The molecule has 0 atom stereocenters. The van der Waals surface area contributed by atoms with Crippen molar-refractivity contribution >= 4 is 11.6 Å². The summed E-state index contributed by atoms with van der Waals surface area (Å²) < 4.78 is 0. The van der Waals surface area contributed by atoms with Crippen LogP contribution in [0.15, 0.2) is 12.4 Å². The molecule has 84 valence electrons. The molecule has 0 saturated heterocycles. The van der Waals surface area contributed by atoms with Crippen molar-refractivity contribution in [3.05, 3.63) is 12.4 Å². The van der Waals surface area contributed by atoms with Gasteiger partial charge in [-0.2, -0.15) is 0 Å². The summed E-state index contributed by atoms with van der Waals surface area (Å²) in [5, 5.41) is 0. The Morgan fingerprint density at radius 3 is 2.80 bits per heavy atom. The van der Waals surface area contributed by atoms with E-state index in [0.717, 1.165) is 18.9 Å². The summed E-state index contributed by atoms with van der Waals surface area (Å²) in [6.07, 6.45) is 3.88. The number of anilines is 2. The third-order valence-corrected chi connectivity index (χ3v) is 2.29. The maximum atomic E-state index is 5.30.